The minimum atomic E-state index is 0.614. The lowest BCUT2D eigenvalue weighted by Crippen LogP contribution is -2.25. The molecular formula is C31H40N2S. The molecule has 2 heterocycles. The van der Waals surface area contributed by atoms with E-state index in [2.05, 4.69) is 74.3 Å². The number of nitrogens with zero attached hydrogens (tertiary/aromatic N) is 1. The van der Waals surface area contributed by atoms with E-state index in [9.17, 15) is 0 Å². The summed E-state index contributed by atoms with van der Waals surface area (Å²) in [5, 5.41) is 0. The summed E-state index contributed by atoms with van der Waals surface area (Å²) in [6, 6.07) is 15.5. The van der Waals surface area contributed by atoms with E-state index in [1.54, 1.807) is 0 Å². The Hall–Kier alpha value is -2.00. The van der Waals surface area contributed by atoms with Gasteiger partial charge >= 0.3 is 0 Å². The lowest BCUT2D eigenvalue weighted by molar-refractivity contribution is 0.324. The highest BCUT2D eigenvalue weighted by Crippen LogP contribution is 2.44. The number of hydrogen-bond acceptors (Lipinski definition) is 2. The van der Waals surface area contributed by atoms with E-state index in [1.807, 2.05) is 11.8 Å². The molecule has 3 heteroatoms. The van der Waals surface area contributed by atoms with Gasteiger partial charge in [0.25, 0.3) is 0 Å². The van der Waals surface area contributed by atoms with E-state index in [1.165, 1.54) is 83.8 Å². The van der Waals surface area contributed by atoms with Crippen LogP contribution in [0.15, 0.2) is 69.7 Å². The van der Waals surface area contributed by atoms with Crippen molar-refractivity contribution in [1.29, 1.82) is 0 Å². The van der Waals surface area contributed by atoms with Gasteiger partial charge in [0, 0.05) is 28.1 Å². The Morgan fingerprint density at radius 2 is 1.56 bits per heavy atom. The van der Waals surface area contributed by atoms with Crippen LogP contribution in [0, 0.1) is 17.8 Å². The zero-order valence-electron chi connectivity index (χ0n) is 21.1. The maximum absolute atomic E-state index is 5.39. The van der Waals surface area contributed by atoms with Crippen molar-refractivity contribution < 1.29 is 0 Å². The van der Waals surface area contributed by atoms with Crippen LogP contribution in [0.2, 0.25) is 0 Å². The van der Waals surface area contributed by atoms with Crippen LogP contribution in [-0.2, 0) is 0 Å². The summed E-state index contributed by atoms with van der Waals surface area (Å²) < 4.78 is 0. The fourth-order valence-electron chi connectivity index (χ4n) is 6.31. The van der Waals surface area contributed by atoms with Gasteiger partial charge in [-0.2, -0.15) is 0 Å². The van der Waals surface area contributed by atoms with E-state index in [0.717, 1.165) is 24.0 Å². The summed E-state index contributed by atoms with van der Waals surface area (Å²) in [6.45, 7) is 7.15. The third kappa shape index (κ3) is 5.00. The van der Waals surface area contributed by atoms with Crippen LogP contribution >= 0.6 is 11.8 Å². The van der Waals surface area contributed by atoms with Crippen molar-refractivity contribution in [3.05, 3.63) is 71.2 Å². The number of aromatic amines is 1. The second-order valence-corrected chi connectivity index (χ2v) is 11.8. The Morgan fingerprint density at radius 3 is 2.24 bits per heavy atom. The molecule has 2 fully saturated rings. The van der Waals surface area contributed by atoms with Gasteiger partial charge in [0.05, 0.1) is 16.3 Å². The minimum absolute atomic E-state index is 0.614. The molecule has 2 nitrogen and oxygen atoms in total. The number of allylic oxidation sites excluding steroid dienone is 2. The lowest BCUT2D eigenvalue weighted by Gasteiger charge is -2.29. The van der Waals surface area contributed by atoms with E-state index in [-0.39, 0.29) is 0 Å². The van der Waals surface area contributed by atoms with Crippen molar-refractivity contribution in [1.82, 2.24) is 4.98 Å². The number of rotatable bonds is 6. The average molecular weight is 473 g/mol. The molecule has 1 aliphatic heterocycles. The Labute approximate surface area is 210 Å². The summed E-state index contributed by atoms with van der Waals surface area (Å²) >= 11 is 1.86. The van der Waals surface area contributed by atoms with Gasteiger partial charge in [-0.25, -0.2) is 0 Å². The van der Waals surface area contributed by atoms with Crippen LogP contribution in [0.5, 0.6) is 0 Å². The number of aliphatic imine (C=N–C) groups is 1. The molecule has 5 rings (SSSR count). The fraction of sp³-hybridized carbons (Fsp3) is 0.516. The number of H-pyrrole nitrogens is 1. The summed E-state index contributed by atoms with van der Waals surface area (Å²) in [7, 11) is 0. The van der Waals surface area contributed by atoms with Gasteiger partial charge < -0.3 is 4.98 Å². The fourth-order valence-corrected chi connectivity index (χ4v) is 7.27. The van der Waals surface area contributed by atoms with Crippen LogP contribution in [-0.4, -0.2) is 10.7 Å². The number of hydrogen-bond donors (Lipinski definition) is 1. The number of nitrogens with one attached hydrogen (secondary N) is 1. The van der Waals surface area contributed by atoms with E-state index >= 15 is 0 Å². The van der Waals surface area contributed by atoms with Crippen molar-refractivity contribution in [2.24, 2.45) is 22.7 Å². The second-order valence-electron chi connectivity index (χ2n) is 10.7. The summed E-state index contributed by atoms with van der Waals surface area (Å²) in [5.41, 5.74) is 6.63. The first-order valence-corrected chi connectivity index (χ1v) is 14.4. The molecule has 180 valence electrons. The Bertz CT molecular complexity index is 1070. The van der Waals surface area contributed by atoms with Crippen LogP contribution in [0.1, 0.15) is 95.9 Å². The van der Waals surface area contributed by atoms with E-state index in [0.29, 0.717) is 11.8 Å². The van der Waals surface area contributed by atoms with E-state index in [4.69, 9.17) is 4.99 Å². The molecule has 0 bridgehead atoms. The minimum Gasteiger partial charge on any atom is -0.358 e. The SMILES string of the molecule is CCC1=C/C(=C(\Sc2ccccc2)c2ccc(C3CCCCC3C)[nH]2)N=C1C1CCCCC1C. The quantitative estimate of drug-likeness (QED) is 0.417. The lowest BCUT2D eigenvalue weighted by atomic mass is 9.76. The number of aromatic nitrogens is 1. The smallest absolute Gasteiger partial charge is 0.0797 e. The molecule has 4 atom stereocenters. The molecule has 3 aliphatic rings. The Morgan fingerprint density at radius 1 is 0.882 bits per heavy atom. The van der Waals surface area contributed by atoms with Gasteiger partial charge in [-0.05, 0) is 67.0 Å². The van der Waals surface area contributed by atoms with Crippen molar-refractivity contribution >= 4 is 22.4 Å². The van der Waals surface area contributed by atoms with Gasteiger partial charge in [-0.15, -0.1) is 0 Å². The molecule has 1 aromatic carbocycles. The maximum atomic E-state index is 5.39. The topological polar surface area (TPSA) is 28.1 Å². The molecular weight excluding hydrogens is 432 g/mol. The zero-order chi connectivity index (χ0) is 23.5. The molecule has 1 N–H and O–H groups in total. The van der Waals surface area contributed by atoms with Gasteiger partial charge in [0.15, 0.2) is 0 Å². The summed E-state index contributed by atoms with van der Waals surface area (Å²) in [5.74, 6) is 2.76. The molecule has 0 amide bonds. The molecule has 34 heavy (non-hydrogen) atoms. The largest absolute Gasteiger partial charge is 0.358 e. The molecule has 2 aromatic rings. The third-order valence-electron chi connectivity index (χ3n) is 8.38. The molecule has 2 saturated carbocycles. The van der Waals surface area contributed by atoms with Gasteiger partial charge in [-0.1, -0.05) is 89.3 Å². The molecule has 0 spiro atoms. The van der Waals surface area contributed by atoms with Crippen molar-refractivity contribution in [2.45, 2.75) is 89.4 Å². The van der Waals surface area contributed by atoms with Crippen molar-refractivity contribution in [3.63, 3.8) is 0 Å². The Kier molecular flexibility index (Phi) is 7.49. The molecule has 0 saturated heterocycles. The molecule has 0 radical (unpaired) electrons. The van der Waals surface area contributed by atoms with Crippen LogP contribution < -0.4 is 0 Å². The van der Waals surface area contributed by atoms with Gasteiger partial charge in [0.2, 0.25) is 0 Å². The highest BCUT2D eigenvalue weighted by atomic mass is 32.2. The third-order valence-corrected chi connectivity index (χ3v) is 9.53. The Balaban J connectivity index is 1.54. The molecule has 4 unspecified atom stereocenters. The van der Waals surface area contributed by atoms with Crippen LogP contribution in [0.4, 0.5) is 0 Å². The van der Waals surface area contributed by atoms with E-state index < -0.39 is 0 Å². The monoisotopic (exact) mass is 472 g/mol. The standard InChI is InChI=1S/C31H40N2S/c1-4-23-20-29(33-30(23)26-17-11-9-13-22(26)3)31(34-24-14-6-5-7-15-24)28-19-18-27(32-28)25-16-10-8-12-21(25)2/h5-7,14-15,18-22,25-26,32H,4,8-13,16-17H2,1-3H3/b31-29+. The summed E-state index contributed by atoms with van der Waals surface area (Å²) in [4.78, 5) is 11.8. The van der Waals surface area contributed by atoms with Crippen LogP contribution in [0.25, 0.3) is 4.91 Å². The first-order valence-electron chi connectivity index (χ1n) is 13.6. The second kappa shape index (κ2) is 10.7. The van der Waals surface area contributed by atoms with Crippen molar-refractivity contribution in [2.75, 3.05) is 0 Å². The highest BCUT2D eigenvalue weighted by Gasteiger charge is 2.31. The first kappa shape index (κ1) is 23.7. The first-order chi connectivity index (χ1) is 16.6. The molecule has 1 aromatic heterocycles. The van der Waals surface area contributed by atoms with Crippen molar-refractivity contribution in [3.8, 4) is 0 Å². The normalized spacial score (nSPS) is 29.0. The average Bonchev–Trinajstić information content (AvgIpc) is 3.51. The highest BCUT2D eigenvalue weighted by molar-refractivity contribution is 8.08. The number of thioether (sulfide) groups is 1. The van der Waals surface area contributed by atoms with Gasteiger partial charge in [0.1, 0.15) is 0 Å². The molecule has 2 aliphatic carbocycles. The number of benzene rings is 1. The predicted octanol–water partition coefficient (Wildman–Crippen LogP) is 9.39. The predicted molar refractivity (Wildman–Crippen MR) is 147 cm³/mol. The van der Waals surface area contributed by atoms with Crippen LogP contribution in [0.3, 0.4) is 0 Å². The zero-order valence-corrected chi connectivity index (χ0v) is 22.0. The maximum Gasteiger partial charge on any atom is 0.0797 e. The van der Waals surface area contributed by atoms with Gasteiger partial charge in [-0.3, -0.25) is 4.99 Å². The summed E-state index contributed by atoms with van der Waals surface area (Å²) in [6.07, 6.45) is 14.2.